The first-order valence-electron chi connectivity index (χ1n) is 10.9. The fourth-order valence-electron chi connectivity index (χ4n) is 3.94. The van der Waals surface area contributed by atoms with E-state index in [1.54, 1.807) is 6.07 Å². The predicted octanol–water partition coefficient (Wildman–Crippen LogP) is 3.79. The molecule has 0 aromatic heterocycles. The first-order chi connectivity index (χ1) is 15.3. The van der Waals surface area contributed by atoms with Gasteiger partial charge in [0.05, 0.1) is 18.8 Å². The molecule has 0 radical (unpaired) electrons. The van der Waals surface area contributed by atoms with Crippen LogP contribution in [0, 0.1) is 20.8 Å². The second-order valence-corrected chi connectivity index (χ2v) is 8.76. The Hall–Kier alpha value is -2.67. The molecular formula is C25H28ClN3O3. The predicted molar refractivity (Wildman–Crippen MR) is 127 cm³/mol. The smallest absolute Gasteiger partial charge is 0.278 e. The highest BCUT2D eigenvalue weighted by molar-refractivity contribution is 6.36. The lowest BCUT2D eigenvalue weighted by Gasteiger charge is -2.28. The molecule has 2 aromatic rings. The maximum Gasteiger partial charge on any atom is 0.278 e. The van der Waals surface area contributed by atoms with Crippen LogP contribution in [0.25, 0.3) is 5.57 Å². The molecule has 0 spiro atoms. The summed E-state index contributed by atoms with van der Waals surface area (Å²) in [7, 11) is 0. The molecule has 2 heterocycles. The van der Waals surface area contributed by atoms with Crippen molar-refractivity contribution in [2.75, 3.05) is 44.7 Å². The summed E-state index contributed by atoms with van der Waals surface area (Å²) in [5.74, 6) is -0.583. The first kappa shape index (κ1) is 22.5. The van der Waals surface area contributed by atoms with Gasteiger partial charge in [0.25, 0.3) is 11.8 Å². The number of amides is 2. The molecule has 0 aliphatic carbocycles. The highest BCUT2D eigenvalue weighted by atomic mass is 35.5. The van der Waals surface area contributed by atoms with Crippen molar-refractivity contribution in [2.45, 2.75) is 20.8 Å². The van der Waals surface area contributed by atoms with Crippen LogP contribution in [-0.4, -0.2) is 61.0 Å². The van der Waals surface area contributed by atoms with E-state index in [0.717, 1.165) is 35.3 Å². The molecule has 32 heavy (non-hydrogen) atoms. The molecule has 1 N–H and O–H groups in total. The molecule has 0 unspecified atom stereocenters. The van der Waals surface area contributed by atoms with Crippen LogP contribution in [-0.2, 0) is 14.3 Å². The maximum atomic E-state index is 13.4. The van der Waals surface area contributed by atoms with Gasteiger partial charge in [-0.1, -0.05) is 35.9 Å². The maximum absolute atomic E-state index is 13.4. The second kappa shape index (κ2) is 9.45. The number of nitrogens with zero attached hydrogens (tertiary/aromatic N) is 2. The standard InChI is InChI=1S/C25H28ClN3O3/c1-16-4-6-19(14-18(16)3)22-23(27-20-7-5-17(2)21(26)15-20)25(31)29(24(22)30)9-8-28-10-12-32-13-11-28/h4-7,14-15,27H,8-13H2,1-3H3. The molecule has 2 aliphatic rings. The normalized spacial score (nSPS) is 17.4. The Morgan fingerprint density at radius 3 is 2.31 bits per heavy atom. The van der Waals surface area contributed by atoms with Gasteiger partial charge in [-0.2, -0.15) is 0 Å². The quantitative estimate of drug-likeness (QED) is 0.674. The number of carbonyl (C=O) groups excluding carboxylic acids is 2. The Morgan fingerprint density at radius 1 is 0.906 bits per heavy atom. The summed E-state index contributed by atoms with van der Waals surface area (Å²) in [4.78, 5) is 30.4. The van der Waals surface area contributed by atoms with Crippen LogP contribution in [0.4, 0.5) is 5.69 Å². The summed E-state index contributed by atoms with van der Waals surface area (Å²) in [5.41, 5.74) is 5.25. The summed E-state index contributed by atoms with van der Waals surface area (Å²) >= 11 is 6.29. The van der Waals surface area contributed by atoms with Gasteiger partial charge >= 0.3 is 0 Å². The van der Waals surface area contributed by atoms with Gasteiger partial charge in [0.15, 0.2) is 0 Å². The van der Waals surface area contributed by atoms with Crippen molar-refractivity contribution in [2.24, 2.45) is 0 Å². The monoisotopic (exact) mass is 453 g/mol. The zero-order chi connectivity index (χ0) is 22.8. The molecule has 2 amide bonds. The molecule has 0 saturated carbocycles. The zero-order valence-electron chi connectivity index (χ0n) is 18.7. The van der Waals surface area contributed by atoms with E-state index < -0.39 is 0 Å². The van der Waals surface area contributed by atoms with E-state index in [1.807, 2.05) is 51.1 Å². The van der Waals surface area contributed by atoms with Gasteiger partial charge in [0.2, 0.25) is 0 Å². The van der Waals surface area contributed by atoms with Crippen molar-refractivity contribution < 1.29 is 14.3 Å². The Morgan fingerprint density at radius 2 is 1.62 bits per heavy atom. The lowest BCUT2D eigenvalue weighted by Crippen LogP contribution is -2.43. The Labute approximate surface area is 193 Å². The van der Waals surface area contributed by atoms with E-state index in [9.17, 15) is 9.59 Å². The molecule has 2 aliphatic heterocycles. The SMILES string of the molecule is Cc1ccc(C2=C(Nc3ccc(C)c(Cl)c3)C(=O)N(CCN3CCOCC3)C2=O)cc1C. The van der Waals surface area contributed by atoms with E-state index in [2.05, 4.69) is 10.2 Å². The van der Waals surface area contributed by atoms with Crippen LogP contribution >= 0.6 is 11.6 Å². The number of anilines is 1. The molecular weight excluding hydrogens is 426 g/mol. The highest BCUT2D eigenvalue weighted by Crippen LogP contribution is 2.32. The number of halogens is 1. The van der Waals surface area contributed by atoms with Gasteiger partial charge in [-0.3, -0.25) is 19.4 Å². The molecule has 1 saturated heterocycles. The van der Waals surface area contributed by atoms with Gasteiger partial charge in [0, 0.05) is 36.9 Å². The minimum Gasteiger partial charge on any atom is -0.379 e. The zero-order valence-corrected chi connectivity index (χ0v) is 19.5. The van der Waals surface area contributed by atoms with E-state index in [1.165, 1.54) is 4.90 Å². The van der Waals surface area contributed by atoms with Crippen molar-refractivity contribution in [3.05, 3.63) is 69.4 Å². The molecule has 7 heteroatoms. The van der Waals surface area contributed by atoms with Crippen molar-refractivity contribution in [1.82, 2.24) is 9.80 Å². The third-order valence-electron chi connectivity index (χ3n) is 6.15. The number of hydrogen-bond donors (Lipinski definition) is 1. The van der Waals surface area contributed by atoms with Crippen LogP contribution in [0.3, 0.4) is 0 Å². The molecule has 168 valence electrons. The summed E-state index contributed by atoms with van der Waals surface area (Å²) in [5, 5.41) is 3.79. The van der Waals surface area contributed by atoms with Crippen molar-refractivity contribution >= 4 is 34.7 Å². The third-order valence-corrected chi connectivity index (χ3v) is 6.56. The molecule has 0 atom stereocenters. The number of carbonyl (C=O) groups is 2. The summed E-state index contributed by atoms with van der Waals surface area (Å²) < 4.78 is 5.39. The van der Waals surface area contributed by atoms with E-state index in [4.69, 9.17) is 16.3 Å². The highest BCUT2D eigenvalue weighted by Gasteiger charge is 2.39. The average molecular weight is 454 g/mol. The van der Waals surface area contributed by atoms with Crippen LogP contribution in [0.5, 0.6) is 0 Å². The number of hydrogen-bond acceptors (Lipinski definition) is 5. The van der Waals surface area contributed by atoms with Crippen molar-refractivity contribution in [1.29, 1.82) is 0 Å². The van der Waals surface area contributed by atoms with Crippen molar-refractivity contribution in [3.63, 3.8) is 0 Å². The minimum atomic E-state index is -0.312. The van der Waals surface area contributed by atoms with E-state index in [-0.39, 0.29) is 11.8 Å². The second-order valence-electron chi connectivity index (χ2n) is 8.35. The van der Waals surface area contributed by atoms with E-state index in [0.29, 0.717) is 48.3 Å². The number of nitrogens with one attached hydrogen (secondary N) is 1. The lowest BCUT2D eigenvalue weighted by atomic mass is 9.99. The third kappa shape index (κ3) is 4.58. The van der Waals surface area contributed by atoms with Gasteiger partial charge in [-0.25, -0.2) is 0 Å². The van der Waals surface area contributed by atoms with E-state index >= 15 is 0 Å². The number of imide groups is 1. The topological polar surface area (TPSA) is 61.9 Å². The number of rotatable bonds is 6. The fraction of sp³-hybridized carbons (Fsp3) is 0.360. The number of ether oxygens (including phenoxy) is 1. The summed E-state index contributed by atoms with van der Waals surface area (Å²) in [6.07, 6.45) is 0. The molecule has 2 aromatic carbocycles. The van der Waals surface area contributed by atoms with Crippen LogP contribution < -0.4 is 5.32 Å². The Bertz CT molecular complexity index is 1090. The van der Waals surface area contributed by atoms with Crippen LogP contribution in [0.15, 0.2) is 42.1 Å². The minimum absolute atomic E-state index is 0.271. The van der Waals surface area contributed by atoms with Gasteiger partial charge < -0.3 is 10.1 Å². The lowest BCUT2D eigenvalue weighted by molar-refractivity contribution is -0.137. The van der Waals surface area contributed by atoms with Crippen molar-refractivity contribution in [3.8, 4) is 0 Å². The van der Waals surface area contributed by atoms with Crippen LogP contribution in [0.2, 0.25) is 5.02 Å². The van der Waals surface area contributed by atoms with Gasteiger partial charge in [-0.15, -0.1) is 0 Å². The number of morpholine rings is 1. The summed E-state index contributed by atoms with van der Waals surface area (Å²) in [6.45, 7) is 9.88. The first-order valence-corrected chi connectivity index (χ1v) is 11.2. The largest absolute Gasteiger partial charge is 0.379 e. The molecule has 6 nitrogen and oxygen atoms in total. The Kier molecular flexibility index (Phi) is 6.65. The van der Waals surface area contributed by atoms with Gasteiger partial charge in [0.1, 0.15) is 5.70 Å². The molecule has 1 fully saturated rings. The average Bonchev–Trinajstić information content (AvgIpc) is 3.01. The fourth-order valence-corrected chi connectivity index (χ4v) is 4.12. The molecule has 4 rings (SSSR count). The number of aryl methyl sites for hydroxylation is 3. The Balaban J connectivity index is 1.66. The van der Waals surface area contributed by atoms with Crippen LogP contribution in [0.1, 0.15) is 22.3 Å². The molecule has 0 bridgehead atoms. The summed E-state index contributed by atoms with van der Waals surface area (Å²) in [6, 6.07) is 11.4. The van der Waals surface area contributed by atoms with Gasteiger partial charge in [-0.05, 0) is 55.2 Å². The number of benzene rings is 2.